The molecular weight excluding hydrogens is 716 g/mol. The minimum atomic E-state index is -1.36. The second-order valence-corrected chi connectivity index (χ2v) is 14.3. The maximum absolute atomic E-state index is 13.9. The van der Waals surface area contributed by atoms with Crippen molar-refractivity contribution in [3.63, 3.8) is 0 Å². The maximum atomic E-state index is 13.9. The number of nitrogens with zero attached hydrogens (tertiary/aromatic N) is 1. The summed E-state index contributed by atoms with van der Waals surface area (Å²) in [7, 11) is 0. The van der Waals surface area contributed by atoms with Crippen molar-refractivity contribution >= 4 is 41.5 Å². The van der Waals surface area contributed by atoms with Crippen LogP contribution in [0.5, 0.6) is 5.75 Å². The van der Waals surface area contributed by atoms with E-state index in [1.54, 1.807) is 13.8 Å². The summed E-state index contributed by atoms with van der Waals surface area (Å²) >= 11 is 0. The number of rotatable bonds is 25. The van der Waals surface area contributed by atoms with Crippen LogP contribution in [0.15, 0.2) is 29.3 Å². The summed E-state index contributed by atoms with van der Waals surface area (Å²) in [6, 6.07) is -1.59. The number of aromatic hydroxyl groups is 1. The van der Waals surface area contributed by atoms with Gasteiger partial charge in [-0.1, -0.05) is 39.8 Å². The molecule has 0 aliphatic heterocycles. The maximum Gasteiger partial charge on any atom is 0.326 e. The van der Waals surface area contributed by atoms with Gasteiger partial charge in [0.2, 0.25) is 29.5 Å². The summed E-state index contributed by atoms with van der Waals surface area (Å²) < 4.78 is 0. The third kappa shape index (κ3) is 18.2. The zero-order valence-corrected chi connectivity index (χ0v) is 32.4. The molecule has 16 N–H and O–H groups in total. The Morgan fingerprint density at radius 2 is 1.22 bits per heavy atom. The standard InChI is InChI=1S/C36H62N10O9/c1-19(2)17-26(44-30(49)24(9-6-7-15-37)43-33(52)28(38)21(5)47)32(51)42-25(10-8-16-41-36(39)40)31(50)46-29(20(3)4)34(53)45-27(35(54)55)18-22-11-13-23(48)14-12-22/h11-14,19-21,24-29,47-48H,6-10,15-18,37-38H2,1-5H3,(H,42,51)(H,43,52)(H,44,49)(H,45,53)(H,46,50)(H,54,55)(H4,39,40,41). The Balaban J connectivity index is 3.31. The lowest BCUT2D eigenvalue weighted by Crippen LogP contribution is -2.60. The van der Waals surface area contributed by atoms with E-state index >= 15 is 0 Å². The molecule has 5 amide bonds. The first-order valence-electron chi connectivity index (χ1n) is 18.5. The highest BCUT2D eigenvalue weighted by Crippen LogP contribution is 2.13. The third-order valence-electron chi connectivity index (χ3n) is 8.56. The average molecular weight is 779 g/mol. The van der Waals surface area contributed by atoms with E-state index in [1.807, 2.05) is 13.8 Å². The van der Waals surface area contributed by atoms with Crippen LogP contribution in [-0.2, 0) is 35.2 Å². The van der Waals surface area contributed by atoms with Gasteiger partial charge in [0.15, 0.2) is 5.96 Å². The number of guanidine groups is 1. The van der Waals surface area contributed by atoms with Crippen molar-refractivity contribution in [3.8, 4) is 5.75 Å². The molecule has 0 aromatic heterocycles. The summed E-state index contributed by atoms with van der Waals surface area (Å²) in [4.78, 5) is 83.4. The minimum absolute atomic E-state index is 0.00903. The van der Waals surface area contributed by atoms with Gasteiger partial charge in [-0.05, 0) is 81.5 Å². The molecule has 7 atom stereocenters. The average Bonchev–Trinajstić information content (AvgIpc) is 3.10. The molecule has 7 unspecified atom stereocenters. The van der Waals surface area contributed by atoms with Crippen LogP contribution in [0.3, 0.4) is 0 Å². The number of amides is 5. The van der Waals surface area contributed by atoms with Gasteiger partial charge in [0, 0.05) is 13.0 Å². The van der Waals surface area contributed by atoms with Crippen LogP contribution in [0, 0.1) is 11.8 Å². The second kappa shape index (κ2) is 24.4. The molecule has 1 aromatic carbocycles. The number of aliphatic carboxylic acids is 1. The molecule has 0 spiro atoms. The van der Waals surface area contributed by atoms with E-state index in [9.17, 15) is 44.1 Å². The summed E-state index contributed by atoms with van der Waals surface area (Å²) in [6.07, 6.45) is 0.282. The number of carbonyl (C=O) groups is 6. The first kappa shape index (κ1) is 48.0. The van der Waals surface area contributed by atoms with Gasteiger partial charge in [-0.25, -0.2) is 4.79 Å². The Morgan fingerprint density at radius 1 is 0.709 bits per heavy atom. The third-order valence-corrected chi connectivity index (χ3v) is 8.56. The van der Waals surface area contributed by atoms with Gasteiger partial charge in [-0.3, -0.25) is 29.0 Å². The molecule has 310 valence electrons. The molecule has 55 heavy (non-hydrogen) atoms. The van der Waals surface area contributed by atoms with Crippen molar-refractivity contribution in [3.05, 3.63) is 29.8 Å². The Bertz CT molecular complexity index is 1440. The number of phenols is 1. The van der Waals surface area contributed by atoms with Crippen molar-refractivity contribution in [2.75, 3.05) is 13.1 Å². The quantitative estimate of drug-likeness (QED) is 0.0292. The van der Waals surface area contributed by atoms with E-state index in [0.717, 1.165) is 0 Å². The summed E-state index contributed by atoms with van der Waals surface area (Å²) in [5, 5.41) is 42.2. The highest BCUT2D eigenvalue weighted by atomic mass is 16.4. The number of unbranched alkanes of at least 4 members (excludes halogenated alkanes) is 1. The number of carboxylic acids is 1. The molecule has 1 rings (SSSR count). The van der Waals surface area contributed by atoms with E-state index in [-0.39, 0.29) is 56.3 Å². The van der Waals surface area contributed by atoms with Crippen LogP contribution in [0.1, 0.15) is 78.7 Å². The highest BCUT2D eigenvalue weighted by molar-refractivity contribution is 5.96. The molecule has 0 bridgehead atoms. The van der Waals surface area contributed by atoms with Gasteiger partial charge in [-0.2, -0.15) is 0 Å². The van der Waals surface area contributed by atoms with Gasteiger partial charge in [0.05, 0.1) is 6.10 Å². The fourth-order valence-corrected chi connectivity index (χ4v) is 5.39. The molecule has 0 heterocycles. The van der Waals surface area contributed by atoms with Gasteiger partial charge in [-0.15, -0.1) is 0 Å². The zero-order chi connectivity index (χ0) is 41.8. The van der Waals surface area contributed by atoms with Gasteiger partial charge in [0.25, 0.3) is 0 Å². The number of carboxylic acid groups (broad SMARTS) is 1. The van der Waals surface area contributed by atoms with E-state index in [0.29, 0.717) is 24.9 Å². The number of aliphatic hydroxyl groups is 1. The van der Waals surface area contributed by atoms with E-state index < -0.39 is 83.8 Å². The number of carbonyl (C=O) groups excluding carboxylic acids is 5. The predicted molar refractivity (Wildman–Crippen MR) is 206 cm³/mol. The number of aliphatic imine (C=N–C) groups is 1. The molecule has 0 aliphatic rings. The van der Waals surface area contributed by atoms with Gasteiger partial charge >= 0.3 is 5.97 Å². The van der Waals surface area contributed by atoms with Crippen LogP contribution in [0.25, 0.3) is 0 Å². The first-order valence-corrected chi connectivity index (χ1v) is 18.5. The van der Waals surface area contributed by atoms with Crippen LogP contribution in [0.2, 0.25) is 0 Å². The summed E-state index contributed by atoms with van der Waals surface area (Å²) in [5.41, 5.74) is 22.8. The molecule has 1 aromatic rings. The Hall–Kier alpha value is -5.01. The predicted octanol–water partition coefficient (Wildman–Crippen LogP) is -1.96. The smallest absolute Gasteiger partial charge is 0.326 e. The SMILES string of the molecule is CC(C)CC(NC(=O)C(CCCCN)NC(=O)C(N)C(C)O)C(=O)NC(CCCN=C(N)N)C(=O)NC(C(=O)NC(Cc1ccc(O)cc1)C(=O)O)C(C)C. The normalized spacial score (nSPS) is 15.0. The van der Waals surface area contributed by atoms with Gasteiger partial charge in [0.1, 0.15) is 42.0 Å². The fourth-order valence-electron chi connectivity index (χ4n) is 5.39. The summed E-state index contributed by atoms with van der Waals surface area (Å²) in [5.74, 6) is -5.84. The van der Waals surface area contributed by atoms with E-state index in [1.165, 1.54) is 31.2 Å². The number of aliphatic hydroxyl groups excluding tert-OH is 1. The van der Waals surface area contributed by atoms with Crippen LogP contribution < -0.4 is 49.5 Å². The van der Waals surface area contributed by atoms with Crippen LogP contribution in [0.4, 0.5) is 0 Å². The Kier molecular flexibility index (Phi) is 21.3. The van der Waals surface area contributed by atoms with Crippen LogP contribution >= 0.6 is 0 Å². The zero-order valence-electron chi connectivity index (χ0n) is 32.4. The number of hydrogen-bond donors (Lipinski definition) is 12. The monoisotopic (exact) mass is 778 g/mol. The van der Waals surface area contributed by atoms with Crippen molar-refractivity contribution in [2.45, 2.75) is 122 Å². The lowest BCUT2D eigenvalue weighted by atomic mass is 9.99. The number of hydrogen-bond acceptors (Lipinski definition) is 11. The largest absolute Gasteiger partial charge is 0.508 e. The number of benzene rings is 1. The molecule has 0 aliphatic carbocycles. The minimum Gasteiger partial charge on any atom is -0.508 e. The summed E-state index contributed by atoms with van der Waals surface area (Å²) in [6.45, 7) is 8.74. The van der Waals surface area contributed by atoms with Crippen LogP contribution in [-0.4, -0.2) is 112 Å². The number of nitrogens with two attached hydrogens (primary N) is 4. The van der Waals surface area contributed by atoms with Crippen molar-refractivity contribution in [1.29, 1.82) is 0 Å². The molecule has 0 saturated heterocycles. The van der Waals surface area contributed by atoms with Crippen molar-refractivity contribution in [2.24, 2.45) is 39.8 Å². The second-order valence-electron chi connectivity index (χ2n) is 14.3. The number of nitrogens with one attached hydrogen (secondary N) is 5. The lowest BCUT2D eigenvalue weighted by Gasteiger charge is -2.29. The molecule has 0 saturated carbocycles. The Labute approximate surface area is 322 Å². The fraction of sp³-hybridized carbons (Fsp3) is 0.639. The molecular formula is C36H62N10O9. The lowest BCUT2D eigenvalue weighted by molar-refractivity contribution is -0.142. The molecule has 0 fully saturated rings. The topological polar surface area (TPSA) is 340 Å². The Morgan fingerprint density at radius 3 is 1.73 bits per heavy atom. The molecule has 19 nitrogen and oxygen atoms in total. The molecule has 0 radical (unpaired) electrons. The van der Waals surface area contributed by atoms with Crippen molar-refractivity contribution < 1.29 is 44.1 Å². The van der Waals surface area contributed by atoms with E-state index in [4.69, 9.17) is 22.9 Å². The highest BCUT2D eigenvalue weighted by Gasteiger charge is 2.34. The van der Waals surface area contributed by atoms with Crippen molar-refractivity contribution in [1.82, 2.24) is 26.6 Å². The molecule has 19 heteroatoms. The first-order chi connectivity index (χ1) is 25.8. The van der Waals surface area contributed by atoms with Gasteiger partial charge < -0.3 is 64.8 Å². The van der Waals surface area contributed by atoms with E-state index in [2.05, 4.69) is 31.6 Å². The number of phenolic OH excluding ortho intramolecular Hbond substituents is 1.